The van der Waals surface area contributed by atoms with Crippen LogP contribution in [0.3, 0.4) is 0 Å². The standard InChI is InChI=1S/C18H16FN3O2/c1-24-16-12-22(15-9-7-14(19)8-10-15)21-17(16)18(23)20-11-13-5-3-2-4-6-13/h2-10,12H,11H2,1H3,(H,20,23). The fourth-order valence-electron chi connectivity index (χ4n) is 2.25. The van der Waals surface area contributed by atoms with Crippen LogP contribution in [-0.4, -0.2) is 22.8 Å². The molecule has 0 saturated heterocycles. The van der Waals surface area contributed by atoms with Crippen molar-refractivity contribution in [2.24, 2.45) is 0 Å². The van der Waals surface area contributed by atoms with Crippen LogP contribution >= 0.6 is 0 Å². The van der Waals surface area contributed by atoms with Crippen LogP contribution in [0.5, 0.6) is 5.75 Å². The van der Waals surface area contributed by atoms with Gasteiger partial charge in [-0.1, -0.05) is 30.3 Å². The minimum Gasteiger partial charge on any atom is -0.493 e. The lowest BCUT2D eigenvalue weighted by Gasteiger charge is -2.04. The molecule has 0 saturated carbocycles. The summed E-state index contributed by atoms with van der Waals surface area (Å²) in [6.45, 7) is 0.395. The molecule has 5 nitrogen and oxygen atoms in total. The number of halogens is 1. The van der Waals surface area contributed by atoms with Gasteiger partial charge in [0.15, 0.2) is 11.4 Å². The van der Waals surface area contributed by atoms with E-state index < -0.39 is 0 Å². The first kappa shape index (κ1) is 15.7. The number of aromatic nitrogens is 2. The molecule has 0 fully saturated rings. The van der Waals surface area contributed by atoms with Gasteiger partial charge in [-0.05, 0) is 29.8 Å². The highest BCUT2D eigenvalue weighted by Gasteiger charge is 2.18. The van der Waals surface area contributed by atoms with Crippen molar-refractivity contribution in [1.29, 1.82) is 0 Å². The minimum atomic E-state index is -0.337. The SMILES string of the molecule is COc1cn(-c2ccc(F)cc2)nc1C(=O)NCc1ccccc1. The Balaban J connectivity index is 1.79. The molecule has 3 aromatic rings. The van der Waals surface area contributed by atoms with Crippen molar-refractivity contribution in [1.82, 2.24) is 15.1 Å². The summed E-state index contributed by atoms with van der Waals surface area (Å²) in [5, 5.41) is 7.06. The average molecular weight is 325 g/mol. The number of nitrogens with one attached hydrogen (secondary N) is 1. The van der Waals surface area contributed by atoms with Crippen LogP contribution in [-0.2, 0) is 6.54 Å². The summed E-state index contributed by atoms with van der Waals surface area (Å²) in [4.78, 5) is 12.4. The van der Waals surface area contributed by atoms with Crippen molar-refractivity contribution in [2.45, 2.75) is 6.54 Å². The highest BCUT2D eigenvalue weighted by atomic mass is 19.1. The first-order valence-corrected chi connectivity index (χ1v) is 7.39. The number of carbonyl (C=O) groups excluding carboxylic acids is 1. The summed E-state index contributed by atoms with van der Waals surface area (Å²) in [5.41, 5.74) is 1.80. The predicted molar refractivity (Wildman–Crippen MR) is 87.7 cm³/mol. The molecule has 0 atom stereocenters. The van der Waals surface area contributed by atoms with Crippen LogP contribution in [0.1, 0.15) is 16.1 Å². The molecule has 0 unspecified atom stereocenters. The summed E-state index contributed by atoms with van der Waals surface area (Å²) in [5.74, 6) is -0.319. The van der Waals surface area contributed by atoms with E-state index in [1.54, 1.807) is 18.3 Å². The number of benzene rings is 2. The molecule has 1 amide bonds. The Morgan fingerprint density at radius 1 is 1.17 bits per heavy atom. The van der Waals surface area contributed by atoms with Gasteiger partial charge in [0.2, 0.25) is 0 Å². The average Bonchev–Trinajstić information content (AvgIpc) is 3.05. The largest absolute Gasteiger partial charge is 0.493 e. The number of hydrogen-bond acceptors (Lipinski definition) is 3. The van der Waals surface area contributed by atoms with Crippen LogP contribution in [0.2, 0.25) is 0 Å². The highest BCUT2D eigenvalue weighted by molar-refractivity contribution is 5.94. The Labute approximate surface area is 138 Å². The van der Waals surface area contributed by atoms with Gasteiger partial charge in [0.1, 0.15) is 5.82 Å². The molecule has 0 bridgehead atoms. The summed E-state index contributed by atoms with van der Waals surface area (Å²) in [6.07, 6.45) is 1.59. The van der Waals surface area contributed by atoms with E-state index in [1.165, 1.54) is 23.9 Å². The zero-order valence-electron chi connectivity index (χ0n) is 13.1. The molecule has 6 heteroatoms. The molecular formula is C18H16FN3O2. The summed E-state index contributed by atoms with van der Waals surface area (Å²) in [7, 11) is 1.47. The van der Waals surface area contributed by atoms with E-state index in [4.69, 9.17) is 4.74 Å². The second kappa shape index (κ2) is 6.95. The van der Waals surface area contributed by atoms with Crippen molar-refractivity contribution < 1.29 is 13.9 Å². The molecule has 1 N–H and O–H groups in total. The van der Waals surface area contributed by atoms with E-state index in [2.05, 4.69) is 10.4 Å². The third-order valence-corrected chi connectivity index (χ3v) is 3.50. The lowest BCUT2D eigenvalue weighted by Crippen LogP contribution is -2.23. The zero-order valence-corrected chi connectivity index (χ0v) is 13.1. The van der Waals surface area contributed by atoms with E-state index in [0.29, 0.717) is 18.0 Å². The fraction of sp³-hybridized carbons (Fsp3) is 0.111. The maximum Gasteiger partial charge on any atom is 0.275 e. The second-order valence-electron chi connectivity index (χ2n) is 5.14. The molecule has 2 aromatic carbocycles. The number of amides is 1. The van der Waals surface area contributed by atoms with Crippen molar-refractivity contribution >= 4 is 5.91 Å². The molecule has 3 rings (SSSR count). The molecule has 0 radical (unpaired) electrons. The van der Waals surface area contributed by atoms with E-state index >= 15 is 0 Å². The molecule has 1 heterocycles. The summed E-state index contributed by atoms with van der Waals surface area (Å²) >= 11 is 0. The maximum absolute atomic E-state index is 13.0. The quantitative estimate of drug-likeness (QED) is 0.785. The lowest BCUT2D eigenvalue weighted by molar-refractivity contribution is 0.0942. The Bertz CT molecular complexity index is 829. The number of carbonyl (C=O) groups is 1. The van der Waals surface area contributed by atoms with Gasteiger partial charge in [-0.15, -0.1) is 0 Å². The Morgan fingerprint density at radius 2 is 1.88 bits per heavy atom. The van der Waals surface area contributed by atoms with Crippen molar-refractivity contribution in [3.05, 3.63) is 77.9 Å². The monoisotopic (exact) mass is 325 g/mol. The molecule has 0 aliphatic rings. The number of ether oxygens (including phenoxy) is 1. The molecule has 24 heavy (non-hydrogen) atoms. The topological polar surface area (TPSA) is 56.2 Å². The van der Waals surface area contributed by atoms with E-state index in [0.717, 1.165) is 5.56 Å². The number of hydrogen-bond donors (Lipinski definition) is 1. The van der Waals surface area contributed by atoms with Crippen LogP contribution in [0.4, 0.5) is 4.39 Å². The zero-order chi connectivity index (χ0) is 16.9. The predicted octanol–water partition coefficient (Wildman–Crippen LogP) is 2.95. The molecule has 0 spiro atoms. The van der Waals surface area contributed by atoms with Crippen LogP contribution in [0, 0.1) is 5.82 Å². The van der Waals surface area contributed by atoms with E-state index in [1.807, 2.05) is 30.3 Å². The number of rotatable bonds is 5. The lowest BCUT2D eigenvalue weighted by atomic mass is 10.2. The van der Waals surface area contributed by atoms with Gasteiger partial charge in [0, 0.05) is 6.54 Å². The Hall–Kier alpha value is -3.15. The van der Waals surface area contributed by atoms with Gasteiger partial charge in [-0.3, -0.25) is 4.79 Å². The molecule has 122 valence electrons. The van der Waals surface area contributed by atoms with Gasteiger partial charge < -0.3 is 10.1 Å². The van der Waals surface area contributed by atoms with E-state index in [-0.39, 0.29) is 17.4 Å². The third kappa shape index (κ3) is 3.43. The van der Waals surface area contributed by atoms with Crippen molar-refractivity contribution in [2.75, 3.05) is 7.11 Å². The molecule has 0 aliphatic carbocycles. The fourth-order valence-corrected chi connectivity index (χ4v) is 2.25. The van der Waals surface area contributed by atoms with Crippen LogP contribution in [0.25, 0.3) is 5.69 Å². The smallest absolute Gasteiger partial charge is 0.275 e. The first-order valence-electron chi connectivity index (χ1n) is 7.39. The summed E-state index contributed by atoms with van der Waals surface area (Å²) < 4.78 is 19.7. The molecular weight excluding hydrogens is 309 g/mol. The first-order chi connectivity index (χ1) is 11.7. The second-order valence-corrected chi connectivity index (χ2v) is 5.14. The Morgan fingerprint density at radius 3 is 2.54 bits per heavy atom. The highest BCUT2D eigenvalue weighted by Crippen LogP contribution is 2.19. The van der Waals surface area contributed by atoms with Crippen molar-refractivity contribution in [3.8, 4) is 11.4 Å². The van der Waals surface area contributed by atoms with Gasteiger partial charge in [0.25, 0.3) is 5.91 Å². The Kier molecular flexibility index (Phi) is 4.56. The normalized spacial score (nSPS) is 10.4. The summed E-state index contributed by atoms with van der Waals surface area (Å²) in [6, 6.07) is 15.4. The maximum atomic E-state index is 13.0. The van der Waals surface area contributed by atoms with Crippen LogP contribution < -0.4 is 10.1 Å². The third-order valence-electron chi connectivity index (χ3n) is 3.50. The number of methoxy groups -OCH3 is 1. The van der Waals surface area contributed by atoms with Gasteiger partial charge in [-0.2, -0.15) is 5.10 Å². The molecule has 1 aromatic heterocycles. The van der Waals surface area contributed by atoms with E-state index in [9.17, 15) is 9.18 Å². The number of nitrogens with zero attached hydrogens (tertiary/aromatic N) is 2. The molecule has 0 aliphatic heterocycles. The van der Waals surface area contributed by atoms with Crippen LogP contribution in [0.15, 0.2) is 60.8 Å². The van der Waals surface area contributed by atoms with Gasteiger partial charge in [-0.25, -0.2) is 9.07 Å². The minimum absolute atomic E-state index is 0.178. The van der Waals surface area contributed by atoms with Gasteiger partial charge >= 0.3 is 0 Å². The van der Waals surface area contributed by atoms with Gasteiger partial charge in [0.05, 0.1) is 19.0 Å². The van der Waals surface area contributed by atoms with Crippen molar-refractivity contribution in [3.63, 3.8) is 0 Å².